The van der Waals surface area contributed by atoms with E-state index in [-0.39, 0.29) is 20.1 Å². The Balaban J connectivity index is 0.000000146. The van der Waals surface area contributed by atoms with E-state index in [2.05, 4.69) is 86.6 Å². The number of carboxylic acid groups (broad SMARTS) is 3. The van der Waals surface area contributed by atoms with Gasteiger partial charge in [0.2, 0.25) is 0 Å². The number of para-hydroxylation sites is 2. The Hall–Kier alpha value is -9.74. The van der Waals surface area contributed by atoms with E-state index in [9.17, 15) is 29.7 Å². The molecule has 0 aliphatic carbocycles. The monoisotopic (exact) mass is 1250 g/mol. The fourth-order valence-corrected chi connectivity index (χ4v) is 9.06. The fraction of sp³-hybridized carbons (Fsp3) is 0.0870. The van der Waals surface area contributed by atoms with Gasteiger partial charge in [0, 0.05) is 21.9 Å². The maximum Gasteiger partial charge on any atom is 3.00 e. The summed E-state index contributed by atoms with van der Waals surface area (Å²) in [7, 11) is 0. The Morgan fingerprint density at radius 1 is 0.358 bits per heavy atom. The van der Waals surface area contributed by atoms with Gasteiger partial charge < -0.3 is 45.7 Å². The van der Waals surface area contributed by atoms with E-state index >= 15 is 0 Å². The number of allylic oxidation sites excluding steroid dienone is 6. The van der Waals surface area contributed by atoms with Gasteiger partial charge in [-0.05, 0) is 117 Å². The molecule has 11 nitrogen and oxygen atoms in total. The molecule has 0 amide bonds. The number of rotatable bonds is 8. The van der Waals surface area contributed by atoms with Crippen molar-refractivity contribution in [2.45, 2.75) is 37.4 Å². The van der Waals surface area contributed by atoms with Crippen LogP contribution in [0.25, 0.3) is 44.3 Å². The number of hydrogen-bond donors (Lipinski definition) is 3. The van der Waals surface area contributed by atoms with Gasteiger partial charge in [0.15, 0.2) is 0 Å². The van der Waals surface area contributed by atoms with Gasteiger partial charge in [0.1, 0.15) is 16.6 Å². The van der Waals surface area contributed by atoms with Crippen molar-refractivity contribution < 1.29 is 49.8 Å². The molecule has 81 heavy (non-hydrogen) atoms. The van der Waals surface area contributed by atoms with Gasteiger partial charge in [-0.15, -0.1) is 0 Å². The normalized spacial score (nSPS) is 17.7. The zero-order chi connectivity index (χ0) is 56.4. The van der Waals surface area contributed by atoms with Crippen LogP contribution in [0.3, 0.4) is 0 Å². The minimum atomic E-state index is -1.25. The van der Waals surface area contributed by atoms with Crippen molar-refractivity contribution in [1.82, 2.24) is 25.9 Å². The van der Waals surface area contributed by atoms with Crippen LogP contribution in [0.2, 0.25) is 0 Å². The molecule has 3 N–H and O–H groups in total. The quantitative estimate of drug-likeness (QED) is 0.132. The summed E-state index contributed by atoms with van der Waals surface area (Å²) in [6.07, 6.45) is 20.0. The van der Waals surface area contributed by atoms with Crippen LogP contribution in [0.5, 0.6) is 0 Å². The van der Waals surface area contributed by atoms with E-state index in [0.717, 1.165) is 50.2 Å². The molecule has 9 aromatic rings. The summed E-state index contributed by atoms with van der Waals surface area (Å²) in [5, 5.41) is 44.9. The van der Waals surface area contributed by atoms with Crippen LogP contribution in [0.4, 0.5) is 0 Å². The molecule has 404 valence electrons. The maximum atomic E-state index is 11.3. The molecule has 0 radical (unpaired) electrons. The Morgan fingerprint density at radius 3 is 0.951 bits per heavy atom. The largest absolute Gasteiger partial charge is 3.00 e. The van der Waals surface area contributed by atoms with Crippen molar-refractivity contribution in [3.05, 3.63) is 313 Å². The number of dihydropyridines is 3. The third-order valence-corrected chi connectivity index (χ3v) is 13.3. The first-order chi connectivity index (χ1) is 38.8. The molecule has 0 saturated heterocycles. The second-order valence-corrected chi connectivity index (χ2v) is 19.0. The standard InChI is InChI=1S/2C15H11N.3C13H13NO2.Ir/c2*1-2-6-12(7-3-1)15-11-10-13-8-4-5-9-14(13)16-15;3*1-10-5-4-6-11(9-10)13(12(15)16)7-2-3-8-14-13;/h2*1-11H;3*2-9,14H,1H3,(H,15,16);/q;;;;;+3/p-3. The van der Waals surface area contributed by atoms with Gasteiger partial charge in [-0.1, -0.05) is 217 Å². The van der Waals surface area contributed by atoms with Crippen molar-refractivity contribution in [2.75, 3.05) is 0 Å². The first kappa shape index (κ1) is 58.9. The third-order valence-electron chi connectivity index (χ3n) is 13.3. The first-order valence-corrected chi connectivity index (χ1v) is 25.9. The van der Waals surface area contributed by atoms with Crippen molar-refractivity contribution in [1.29, 1.82) is 0 Å². The van der Waals surface area contributed by atoms with Gasteiger partial charge in [-0.2, -0.15) is 0 Å². The van der Waals surface area contributed by atoms with Crippen LogP contribution >= 0.6 is 0 Å². The number of aliphatic carboxylic acids is 3. The van der Waals surface area contributed by atoms with E-state index < -0.39 is 34.5 Å². The number of benzene rings is 7. The number of nitrogens with zero attached hydrogens (tertiary/aromatic N) is 2. The minimum absolute atomic E-state index is 0. The molecule has 3 aliphatic rings. The number of aromatic nitrogens is 2. The molecule has 12 heteroatoms. The molecule has 3 atom stereocenters. The number of carboxylic acids is 3. The molecular formula is C69H58IrN5O6. The van der Waals surface area contributed by atoms with E-state index in [4.69, 9.17) is 0 Å². The Morgan fingerprint density at radius 2 is 0.667 bits per heavy atom. The average Bonchev–Trinajstić information content (AvgIpc) is 3.61. The van der Waals surface area contributed by atoms with Crippen molar-refractivity contribution >= 4 is 39.7 Å². The number of pyridine rings is 2. The number of hydrogen-bond acceptors (Lipinski definition) is 11. The SMILES string of the molecule is Cc1cccc(C2(C(=O)[O-])C=CC=CN2)c1.Cc1cccc(C2(C(=O)[O-])C=CC=CN2)c1.Cc1cccc(C2(C(=O)[O-])C=CC=CN2)c1.[Ir+3].c1ccc(-c2ccc3ccccc3n2)cc1.c1ccc(-c2ccc3ccccc3n2)cc1. The van der Waals surface area contributed by atoms with E-state index in [1.807, 2.05) is 148 Å². The predicted molar refractivity (Wildman–Crippen MR) is 312 cm³/mol. The molecule has 12 rings (SSSR count). The van der Waals surface area contributed by atoms with Crippen LogP contribution in [-0.4, -0.2) is 27.9 Å². The second-order valence-electron chi connectivity index (χ2n) is 19.0. The van der Waals surface area contributed by atoms with E-state index in [0.29, 0.717) is 16.7 Å². The Bertz CT molecular complexity index is 3490. The number of aryl methyl sites for hydroxylation is 3. The van der Waals surface area contributed by atoms with Crippen LogP contribution in [0.1, 0.15) is 33.4 Å². The number of carbonyl (C=O) groups is 3. The van der Waals surface area contributed by atoms with Crippen molar-refractivity contribution in [2.24, 2.45) is 0 Å². The average molecular weight is 1250 g/mol. The molecule has 0 saturated carbocycles. The zero-order valence-corrected chi connectivity index (χ0v) is 47.1. The second kappa shape index (κ2) is 27.7. The van der Waals surface area contributed by atoms with Crippen LogP contribution in [-0.2, 0) is 51.1 Å². The molecule has 2 aromatic heterocycles. The molecule has 3 aliphatic heterocycles. The number of carbonyl (C=O) groups excluding carboxylic acids is 3. The maximum absolute atomic E-state index is 11.3. The van der Waals surface area contributed by atoms with Gasteiger partial charge in [-0.25, -0.2) is 9.97 Å². The molecule has 0 fully saturated rings. The minimum Gasteiger partial charge on any atom is -0.547 e. The summed E-state index contributed by atoms with van der Waals surface area (Å²) in [5.74, 6) is -3.46. The molecule has 5 heterocycles. The summed E-state index contributed by atoms with van der Waals surface area (Å²) < 4.78 is 0. The summed E-state index contributed by atoms with van der Waals surface area (Å²) >= 11 is 0. The van der Waals surface area contributed by atoms with Crippen molar-refractivity contribution in [3.63, 3.8) is 0 Å². The van der Waals surface area contributed by atoms with Crippen LogP contribution in [0.15, 0.2) is 280 Å². The van der Waals surface area contributed by atoms with Crippen LogP contribution < -0.4 is 31.3 Å². The van der Waals surface area contributed by atoms with Gasteiger partial charge in [0.05, 0.1) is 40.3 Å². The molecule has 0 spiro atoms. The van der Waals surface area contributed by atoms with Crippen LogP contribution in [0, 0.1) is 20.8 Å². The van der Waals surface area contributed by atoms with Gasteiger partial charge in [0.25, 0.3) is 0 Å². The topological polar surface area (TPSA) is 182 Å². The molecule has 3 unspecified atom stereocenters. The molecular weight excluding hydrogens is 1190 g/mol. The summed E-state index contributed by atoms with van der Waals surface area (Å²) in [5.41, 5.74) is 7.79. The smallest absolute Gasteiger partial charge is 0.547 e. The third kappa shape index (κ3) is 14.5. The van der Waals surface area contributed by atoms with E-state index in [1.165, 1.54) is 10.8 Å². The number of nitrogens with one attached hydrogen (secondary N) is 3. The molecule has 0 bridgehead atoms. The fourth-order valence-electron chi connectivity index (χ4n) is 9.06. The summed E-state index contributed by atoms with van der Waals surface area (Å²) in [6.45, 7) is 5.78. The Labute approximate surface area is 485 Å². The summed E-state index contributed by atoms with van der Waals surface area (Å²) in [6, 6.07) is 67.3. The van der Waals surface area contributed by atoms with Gasteiger partial charge >= 0.3 is 20.1 Å². The Kier molecular flexibility index (Phi) is 20.2. The van der Waals surface area contributed by atoms with E-state index in [1.54, 1.807) is 91.5 Å². The first-order valence-electron chi connectivity index (χ1n) is 25.9. The number of fused-ring (bicyclic) bond motifs is 2. The predicted octanol–water partition coefficient (Wildman–Crippen LogP) is 9.64. The van der Waals surface area contributed by atoms with Gasteiger partial charge in [-0.3, -0.25) is 0 Å². The summed E-state index contributed by atoms with van der Waals surface area (Å²) in [4.78, 5) is 43.3. The van der Waals surface area contributed by atoms with Crippen molar-refractivity contribution in [3.8, 4) is 22.5 Å². The zero-order valence-electron chi connectivity index (χ0n) is 44.7. The molecule has 7 aromatic carbocycles.